The smallest absolute Gasteiger partial charge is 0.244 e. The van der Waals surface area contributed by atoms with Gasteiger partial charge in [-0.3, -0.25) is 9.48 Å². The van der Waals surface area contributed by atoms with Gasteiger partial charge in [0.15, 0.2) is 9.84 Å². The molecule has 0 spiro atoms. The number of hydrogen-bond acceptors (Lipinski definition) is 5. The van der Waals surface area contributed by atoms with Gasteiger partial charge in [-0.2, -0.15) is 10.4 Å². The van der Waals surface area contributed by atoms with Gasteiger partial charge in [-0.15, -0.1) is 0 Å². The number of nitrogens with zero attached hydrogens (tertiary/aromatic N) is 4. The molecule has 0 aromatic carbocycles. The van der Waals surface area contributed by atoms with Crippen LogP contribution in [0.25, 0.3) is 0 Å². The Labute approximate surface area is 142 Å². The Bertz CT molecular complexity index is 744. The molecule has 1 aromatic heterocycles. The molecule has 2 heterocycles. The zero-order valence-electron chi connectivity index (χ0n) is 13.6. The minimum Gasteiger partial charge on any atom is -0.334 e. The van der Waals surface area contributed by atoms with Gasteiger partial charge in [0, 0.05) is 18.3 Å². The maximum Gasteiger partial charge on any atom is 0.244 e. The van der Waals surface area contributed by atoms with E-state index < -0.39 is 9.84 Å². The molecule has 3 rings (SSSR count). The van der Waals surface area contributed by atoms with Crippen LogP contribution >= 0.6 is 0 Å². The molecule has 1 aromatic rings. The summed E-state index contributed by atoms with van der Waals surface area (Å²) in [5.41, 5.74) is 0.412. The lowest BCUT2D eigenvalue weighted by Gasteiger charge is -2.38. The fourth-order valence-corrected chi connectivity index (χ4v) is 5.50. The molecule has 1 saturated heterocycles. The fraction of sp³-hybridized carbons (Fsp3) is 0.688. The molecule has 1 atom stereocenters. The van der Waals surface area contributed by atoms with E-state index in [0.717, 1.165) is 25.7 Å². The van der Waals surface area contributed by atoms with Gasteiger partial charge in [-0.25, -0.2) is 8.42 Å². The van der Waals surface area contributed by atoms with Crippen molar-refractivity contribution in [2.45, 2.75) is 57.2 Å². The number of rotatable bonds is 4. The van der Waals surface area contributed by atoms with E-state index in [1.807, 2.05) is 11.0 Å². The summed E-state index contributed by atoms with van der Waals surface area (Å²) in [5.74, 6) is 0.128. The average Bonchev–Trinajstić information content (AvgIpc) is 3.15. The summed E-state index contributed by atoms with van der Waals surface area (Å²) < 4.78 is 25.2. The molecule has 0 bridgehead atoms. The van der Waals surface area contributed by atoms with E-state index in [4.69, 9.17) is 5.26 Å². The van der Waals surface area contributed by atoms with Gasteiger partial charge < -0.3 is 4.90 Å². The fourth-order valence-electron chi connectivity index (χ4n) is 3.79. The molecule has 7 nitrogen and oxygen atoms in total. The zero-order valence-corrected chi connectivity index (χ0v) is 14.4. The quantitative estimate of drug-likeness (QED) is 0.810. The molecule has 2 fully saturated rings. The van der Waals surface area contributed by atoms with Crippen molar-refractivity contribution in [1.29, 1.82) is 5.26 Å². The predicted molar refractivity (Wildman–Crippen MR) is 87.7 cm³/mol. The SMILES string of the molecule is N#Cc1cnn(CC(=O)N(C2CCCCC2)[C@H]2CCS(=O)(=O)C2)c1. The van der Waals surface area contributed by atoms with Crippen molar-refractivity contribution in [3.05, 3.63) is 18.0 Å². The Hall–Kier alpha value is -1.88. The van der Waals surface area contributed by atoms with Crippen LogP contribution in [0.15, 0.2) is 12.4 Å². The molecule has 0 N–H and O–H groups in total. The average molecular weight is 350 g/mol. The van der Waals surface area contributed by atoms with E-state index in [2.05, 4.69) is 5.10 Å². The number of amides is 1. The van der Waals surface area contributed by atoms with Crippen LogP contribution in [-0.4, -0.2) is 52.6 Å². The molecule has 1 amide bonds. The molecule has 2 aliphatic rings. The molecule has 0 unspecified atom stereocenters. The predicted octanol–water partition coefficient (Wildman–Crippen LogP) is 1.10. The first-order valence-corrected chi connectivity index (χ1v) is 10.2. The van der Waals surface area contributed by atoms with E-state index in [0.29, 0.717) is 12.0 Å². The van der Waals surface area contributed by atoms with Gasteiger partial charge >= 0.3 is 0 Å². The third kappa shape index (κ3) is 3.78. The number of carbonyl (C=O) groups excluding carboxylic acids is 1. The normalized spacial score (nSPS) is 23.7. The van der Waals surface area contributed by atoms with Gasteiger partial charge in [-0.1, -0.05) is 19.3 Å². The van der Waals surface area contributed by atoms with Crippen LogP contribution < -0.4 is 0 Å². The van der Waals surface area contributed by atoms with Crippen LogP contribution in [0.4, 0.5) is 0 Å². The summed E-state index contributed by atoms with van der Waals surface area (Å²) in [6.45, 7) is 0.0503. The molecule has 1 aliphatic carbocycles. The van der Waals surface area contributed by atoms with Gasteiger partial charge in [0.2, 0.25) is 5.91 Å². The van der Waals surface area contributed by atoms with Gasteiger partial charge in [-0.05, 0) is 19.3 Å². The lowest BCUT2D eigenvalue weighted by Crippen LogP contribution is -2.49. The third-order valence-electron chi connectivity index (χ3n) is 4.92. The van der Waals surface area contributed by atoms with E-state index in [1.54, 1.807) is 6.20 Å². The minimum absolute atomic E-state index is 0.0503. The highest BCUT2D eigenvalue weighted by Crippen LogP contribution is 2.28. The number of nitriles is 1. The van der Waals surface area contributed by atoms with Crippen LogP contribution in [0.1, 0.15) is 44.1 Å². The number of sulfone groups is 1. The van der Waals surface area contributed by atoms with E-state index >= 15 is 0 Å². The minimum atomic E-state index is -3.04. The molecule has 24 heavy (non-hydrogen) atoms. The van der Waals surface area contributed by atoms with Crippen molar-refractivity contribution in [1.82, 2.24) is 14.7 Å². The molecular formula is C16H22N4O3S. The molecule has 130 valence electrons. The Kier molecular flexibility index (Phi) is 4.90. The largest absolute Gasteiger partial charge is 0.334 e. The van der Waals surface area contributed by atoms with Gasteiger partial charge in [0.05, 0.1) is 23.3 Å². The number of carbonyl (C=O) groups is 1. The lowest BCUT2D eigenvalue weighted by atomic mass is 9.93. The van der Waals surface area contributed by atoms with Crippen molar-refractivity contribution >= 4 is 15.7 Å². The topological polar surface area (TPSA) is 96.1 Å². The van der Waals surface area contributed by atoms with Crippen LogP contribution in [0.5, 0.6) is 0 Å². The highest BCUT2D eigenvalue weighted by molar-refractivity contribution is 7.91. The second-order valence-electron chi connectivity index (χ2n) is 6.69. The summed E-state index contributed by atoms with van der Waals surface area (Å²) in [4.78, 5) is 14.7. The van der Waals surface area contributed by atoms with Crippen LogP contribution in [0, 0.1) is 11.3 Å². The molecule has 0 radical (unpaired) electrons. The Morgan fingerprint density at radius 2 is 2.04 bits per heavy atom. The first-order valence-electron chi connectivity index (χ1n) is 8.42. The van der Waals surface area contributed by atoms with Crippen LogP contribution in [0.2, 0.25) is 0 Å². The third-order valence-corrected chi connectivity index (χ3v) is 6.67. The highest BCUT2D eigenvalue weighted by Gasteiger charge is 2.38. The van der Waals surface area contributed by atoms with Crippen molar-refractivity contribution in [3.8, 4) is 6.07 Å². The second-order valence-corrected chi connectivity index (χ2v) is 8.92. The highest BCUT2D eigenvalue weighted by atomic mass is 32.2. The number of hydrogen-bond donors (Lipinski definition) is 0. The maximum atomic E-state index is 12.9. The summed E-state index contributed by atoms with van der Waals surface area (Å²) >= 11 is 0. The van der Waals surface area contributed by atoms with Crippen LogP contribution in [-0.2, 0) is 21.2 Å². The van der Waals surface area contributed by atoms with Gasteiger partial charge in [0.25, 0.3) is 0 Å². The first kappa shape index (κ1) is 17.0. The molecule has 1 aliphatic heterocycles. The number of aromatic nitrogens is 2. The summed E-state index contributed by atoms with van der Waals surface area (Å²) in [7, 11) is -3.04. The monoisotopic (exact) mass is 350 g/mol. The van der Waals surface area contributed by atoms with E-state index in [1.165, 1.54) is 17.3 Å². The maximum absolute atomic E-state index is 12.9. The second kappa shape index (κ2) is 6.93. The van der Waals surface area contributed by atoms with Crippen molar-refractivity contribution < 1.29 is 13.2 Å². The van der Waals surface area contributed by atoms with E-state index in [-0.39, 0.29) is 36.0 Å². The van der Waals surface area contributed by atoms with Gasteiger partial charge in [0.1, 0.15) is 12.6 Å². The standard InChI is InChI=1S/C16H22N4O3S/c17-8-13-9-18-19(10-13)11-16(21)20(14-4-2-1-3-5-14)15-6-7-24(22,23)12-15/h9-10,14-15H,1-7,11-12H2/t15-/m0/s1. The molecule has 8 heteroatoms. The Morgan fingerprint density at radius 3 is 2.62 bits per heavy atom. The van der Waals surface area contributed by atoms with Crippen molar-refractivity contribution in [2.24, 2.45) is 0 Å². The zero-order chi connectivity index (χ0) is 17.2. The Balaban J connectivity index is 1.78. The Morgan fingerprint density at radius 1 is 1.29 bits per heavy atom. The first-order chi connectivity index (χ1) is 11.5. The summed E-state index contributed by atoms with van der Waals surface area (Å²) in [6.07, 6.45) is 8.69. The molecule has 1 saturated carbocycles. The van der Waals surface area contributed by atoms with Crippen molar-refractivity contribution in [3.63, 3.8) is 0 Å². The molecular weight excluding hydrogens is 328 g/mol. The summed E-state index contributed by atoms with van der Waals surface area (Å²) in [5, 5.41) is 12.9. The lowest BCUT2D eigenvalue weighted by molar-refractivity contribution is -0.137. The van der Waals surface area contributed by atoms with Crippen LogP contribution in [0.3, 0.4) is 0 Å². The van der Waals surface area contributed by atoms with Crippen molar-refractivity contribution in [2.75, 3.05) is 11.5 Å². The summed E-state index contributed by atoms with van der Waals surface area (Å²) in [6, 6.07) is 1.89. The van der Waals surface area contributed by atoms with E-state index in [9.17, 15) is 13.2 Å².